The van der Waals surface area contributed by atoms with Crippen molar-refractivity contribution in [1.29, 1.82) is 0 Å². The SMILES string of the molecule is O=C(Cc1csc(-c2ccccc2)n1)N1CCN(S(=O)(=O)/C=C/c2ccccc2)CC1. The molecule has 0 unspecified atom stereocenters. The van der Waals surface area contributed by atoms with E-state index in [1.165, 1.54) is 21.1 Å². The van der Waals surface area contributed by atoms with Gasteiger partial charge in [-0.3, -0.25) is 4.79 Å². The highest BCUT2D eigenvalue weighted by Gasteiger charge is 2.27. The lowest BCUT2D eigenvalue weighted by Crippen LogP contribution is -2.50. The lowest BCUT2D eigenvalue weighted by molar-refractivity contribution is -0.131. The third-order valence-corrected chi connectivity index (χ3v) is 7.59. The molecule has 31 heavy (non-hydrogen) atoms. The number of carbonyl (C=O) groups is 1. The van der Waals surface area contributed by atoms with Crippen molar-refractivity contribution in [2.75, 3.05) is 26.2 Å². The minimum absolute atomic E-state index is 0.0261. The van der Waals surface area contributed by atoms with Crippen LogP contribution in [0.4, 0.5) is 0 Å². The molecule has 2 heterocycles. The van der Waals surface area contributed by atoms with Gasteiger partial charge in [0.05, 0.1) is 12.1 Å². The number of sulfonamides is 1. The van der Waals surface area contributed by atoms with Gasteiger partial charge in [0.2, 0.25) is 15.9 Å². The van der Waals surface area contributed by atoms with Crippen molar-refractivity contribution in [2.45, 2.75) is 6.42 Å². The summed E-state index contributed by atoms with van der Waals surface area (Å²) in [5.41, 5.74) is 2.61. The highest BCUT2D eigenvalue weighted by Crippen LogP contribution is 2.23. The first kappa shape index (κ1) is 21.4. The molecule has 1 fully saturated rings. The van der Waals surface area contributed by atoms with Gasteiger partial charge in [-0.05, 0) is 11.6 Å². The Labute approximate surface area is 186 Å². The molecule has 1 aliphatic heterocycles. The summed E-state index contributed by atoms with van der Waals surface area (Å²) in [7, 11) is -3.51. The van der Waals surface area contributed by atoms with E-state index in [2.05, 4.69) is 4.98 Å². The Morgan fingerprint density at radius 1 is 0.968 bits per heavy atom. The zero-order valence-electron chi connectivity index (χ0n) is 16.9. The summed E-state index contributed by atoms with van der Waals surface area (Å²) in [5, 5.41) is 4.04. The van der Waals surface area contributed by atoms with Crippen molar-refractivity contribution in [3.63, 3.8) is 0 Å². The summed E-state index contributed by atoms with van der Waals surface area (Å²) in [6.07, 6.45) is 1.82. The van der Waals surface area contributed by atoms with E-state index in [0.717, 1.165) is 21.8 Å². The Balaban J connectivity index is 1.32. The zero-order chi connectivity index (χ0) is 21.7. The zero-order valence-corrected chi connectivity index (χ0v) is 18.6. The van der Waals surface area contributed by atoms with Gasteiger partial charge in [-0.2, -0.15) is 4.31 Å². The predicted octanol–water partition coefficient (Wildman–Crippen LogP) is 3.50. The Morgan fingerprint density at radius 2 is 1.61 bits per heavy atom. The van der Waals surface area contributed by atoms with E-state index in [9.17, 15) is 13.2 Å². The van der Waals surface area contributed by atoms with Crippen LogP contribution in [0.3, 0.4) is 0 Å². The summed E-state index contributed by atoms with van der Waals surface area (Å²) in [4.78, 5) is 19.0. The van der Waals surface area contributed by atoms with Crippen LogP contribution >= 0.6 is 11.3 Å². The topological polar surface area (TPSA) is 70.6 Å². The average Bonchev–Trinajstić information content (AvgIpc) is 3.28. The molecule has 2 aromatic carbocycles. The first-order valence-electron chi connectivity index (χ1n) is 10.0. The van der Waals surface area contributed by atoms with Crippen molar-refractivity contribution in [1.82, 2.24) is 14.2 Å². The van der Waals surface area contributed by atoms with Gasteiger partial charge in [-0.25, -0.2) is 13.4 Å². The van der Waals surface area contributed by atoms with Gasteiger partial charge in [0.1, 0.15) is 5.01 Å². The van der Waals surface area contributed by atoms with Gasteiger partial charge < -0.3 is 4.90 Å². The molecule has 0 atom stereocenters. The van der Waals surface area contributed by atoms with E-state index in [4.69, 9.17) is 0 Å². The fourth-order valence-electron chi connectivity index (χ4n) is 3.37. The van der Waals surface area contributed by atoms with Crippen LogP contribution in [0.25, 0.3) is 16.6 Å². The number of hydrogen-bond acceptors (Lipinski definition) is 5. The number of carbonyl (C=O) groups excluding carboxylic acids is 1. The number of aromatic nitrogens is 1. The summed E-state index contributed by atoms with van der Waals surface area (Å²) in [6, 6.07) is 19.2. The largest absolute Gasteiger partial charge is 0.340 e. The molecule has 160 valence electrons. The van der Waals surface area contributed by atoms with Crippen molar-refractivity contribution < 1.29 is 13.2 Å². The number of amides is 1. The molecule has 1 saturated heterocycles. The fourth-order valence-corrected chi connectivity index (χ4v) is 5.37. The molecule has 0 spiro atoms. The van der Waals surface area contributed by atoms with Crippen molar-refractivity contribution in [3.8, 4) is 10.6 Å². The Kier molecular flexibility index (Phi) is 6.60. The average molecular weight is 454 g/mol. The van der Waals surface area contributed by atoms with E-state index in [0.29, 0.717) is 26.2 Å². The highest BCUT2D eigenvalue weighted by atomic mass is 32.2. The minimum Gasteiger partial charge on any atom is -0.340 e. The van der Waals surface area contributed by atoms with E-state index >= 15 is 0 Å². The number of rotatable bonds is 6. The molecule has 0 radical (unpaired) electrons. The van der Waals surface area contributed by atoms with Gasteiger partial charge in [0.15, 0.2) is 0 Å². The van der Waals surface area contributed by atoms with Crippen LogP contribution in [0.5, 0.6) is 0 Å². The first-order chi connectivity index (χ1) is 15.0. The molecule has 0 bridgehead atoms. The lowest BCUT2D eigenvalue weighted by Gasteiger charge is -2.33. The van der Waals surface area contributed by atoms with Crippen LogP contribution < -0.4 is 0 Å². The van der Waals surface area contributed by atoms with E-state index in [-0.39, 0.29) is 12.3 Å². The van der Waals surface area contributed by atoms with Gasteiger partial charge in [-0.1, -0.05) is 60.7 Å². The second kappa shape index (κ2) is 9.55. The molecular formula is C23H23N3O3S2. The molecule has 0 aliphatic carbocycles. The molecule has 1 aromatic heterocycles. The van der Waals surface area contributed by atoms with Gasteiger partial charge >= 0.3 is 0 Å². The molecule has 0 N–H and O–H groups in total. The maximum atomic E-state index is 12.7. The molecule has 4 rings (SSSR count). The Hall–Kier alpha value is -2.81. The molecule has 3 aromatic rings. The summed E-state index contributed by atoms with van der Waals surface area (Å²) < 4.78 is 26.6. The number of hydrogen-bond donors (Lipinski definition) is 0. The van der Waals surface area contributed by atoms with Gasteiger partial charge in [0.25, 0.3) is 0 Å². The van der Waals surface area contributed by atoms with Crippen LogP contribution in [0.15, 0.2) is 71.5 Å². The van der Waals surface area contributed by atoms with Crippen LogP contribution in [-0.2, 0) is 21.2 Å². The molecular weight excluding hydrogens is 430 g/mol. The van der Waals surface area contributed by atoms with Crippen LogP contribution in [0.2, 0.25) is 0 Å². The monoisotopic (exact) mass is 453 g/mol. The number of benzene rings is 2. The number of piperazine rings is 1. The normalized spacial score (nSPS) is 15.4. The highest BCUT2D eigenvalue weighted by molar-refractivity contribution is 7.92. The Morgan fingerprint density at radius 3 is 2.29 bits per heavy atom. The van der Waals surface area contributed by atoms with E-state index in [1.807, 2.05) is 66.0 Å². The smallest absolute Gasteiger partial charge is 0.236 e. The van der Waals surface area contributed by atoms with Crippen molar-refractivity contribution in [2.24, 2.45) is 0 Å². The lowest BCUT2D eigenvalue weighted by atomic mass is 10.2. The molecule has 0 saturated carbocycles. The van der Waals surface area contributed by atoms with Crippen molar-refractivity contribution in [3.05, 3.63) is 82.7 Å². The first-order valence-corrected chi connectivity index (χ1v) is 12.4. The molecule has 1 aliphatic rings. The van der Waals surface area contributed by atoms with Gasteiger partial charge in [0, 0.05) is 42.5 Å². The summed E-state index contributed by atoms with van der Waals surface area (Å²) in [5.74, 6) is -0.0261. The maximum Gasteiger partial charge on any atom is 0.236 e. The maximum absolute atomic E-state index is 12.7. The third kappa shape index (κ3) is 5.46. The second-order valence-corrected chi connectivity index (χ2v) is 9.90. The predicted molar refractivity (Wildman–Crippen MR) is 124 cm³/mol. The van der Waals surface area contributed by atoms with E-state index < -0.39 is 10.0 Å². The molecule has 1 amide bonds. The van der Waals surface area contributed by atoms with Crippen LogP contribution in [0, 0.1) is 0 Å². The minimum atomic E-state index is -3.51. The van der Waals surface area contributed by atoms with Gasteiger partial charge in [-0.15, -0.1) is 11.3 Å². The third-order valence-electron chi connectivity index (χ3n) is 5.09. The van der Waals surface area contributed by atoms with Crippen LogP contribution in [0.1, 0.15) is 11.3 Å². The number of thiazole rings is 1. The summed E-state index contributed by atoms with van der Waals surface area (Å²) >= 11 is 1.52. The van der Waals surface area contributed by atoms with Crippen LogP contribution in [-0.4, -0.2) is 54.7 Å². The summed E-state index contributed by atoms with van der Waals surface area (Å²) in [6.45, 7) is 1.35. The molecule has 6 nitrogen and oxygen atoms in total. The Bertz CT molecular complexity index is 1150. The fraction of sp³-hybridized carbons (Fsp3) is 0.217. The quantitative estimate of drug-likeness (QED) is 0.573. The van der Waals surface area contributed by atoms with E-state index in [1.54, 1.807) is 11.0 Å². The molecule has 8 heteroatoms. The van der Waals surface area contributed by atoms with Crippen molar-refractivity contribution >= 4 is 33.3 Å². The number of nitrogens with zero attached hydrogens (tertiary/aromatic N) is 3. The standard InChI is InChI=1S/C23H23N3O3S2/c27-22(17-21-18-30-23(24-21)20-9-5-2-6-10-20)25-12-14-26(15-13-25)31(28,29)16-11-19-7-3-1-4-8-19/h1-11,16,18H,12-15,17H2/b16-11+. The second-order valence-electron chi connectivity index (χ2n) is 7.23.